The van der Waals surface area contributed by atoms with E-state index in [-0.39, 0.29) is 6.07 Å². The Morgan fingerprint density at radius 2 is 1.43 bits per heavy atom. The standard InChI is InChI=1S/C13H11F6NO3/c1-6(20-11(22)23-2)10(21)7-3-8(12(14,15)16)5-9(4-7)13(17,18)19/h3-6H,1-2H3,(H,20,22)/t6-/m1/s1. The lowest BCUT2D eigenvalue weighted by Crippen LogP contribution is -2.38. The largest absolute Gasteiger partial charge is 0.453 e. The molecule has 0 heterocycles. The van der Waals surface area contributed by atoms with Crippen molar-refractivity contribution >= 4 is 11.9 Å². The van der Waals surface area contributed by atoms with Crippen LogP contribution in [0.1, 0.15) is 28.4 Å². The summed E-state index contributed by atoms with van der Waals surface area (Å²) in [5.41, 5.74) is -4.04. The fourth-order valence-electron chi connectivity index (χ4n) is 1.65. The highest BCUT2D eigenvalue weighted by atomic mass is 19.4. The number of benzene rings is 1. The van der Waals surface area contributed by atoms with Gasteiger partial charge in [0.05, 0.1) is 24.3 Å². The van der Waals surface area contributed by atoms with Gasteiger partial charge in [-0.15, -0.1) is 0 Å². The molecule has 0 aromatic heterocycles. The number of methoxy groups -OCH3 is 1. The molecule has 0 saturated carbocycles. The van der Waals surface area contributed by atoms with E-state index < -0.39 is 47.0 Å². The summed E-state index contributed by atoms with van der Waals surface area (Å²) in [6.45, 7) is 1.10. The molecule has 4 nitrogen and oxygen atoms in total. The summed E-state index contributed by atoms with van der Waals surface area (Å²) in [7, 11) is 0.985. The molecule has 1 rings (SSSR count). The molecule has 0 saturated heterocycles. The van der Waals surface area contributed by atoms with E-state index in [1.165, 1.54) is 0 Å². The first-order chi connectivity index (χ1) is 10.4. The number of rotatable bonds is 3. The Labute approximate surface area is 126 Å². The Morgan fingerprint density at radius 1 is 1.00 bits per heavy atom. The van der Waals surface area contributed by atoms with Crippen LogP contribution in [0.2, 0.25) is 0 Å². The van der Waals surface area contributed by atoms with Gasteiger partial charge in [0, 0.05) is 5.56 Å². The number of alkyl halides is 6. The molecule has 23 heavy (non-hydrogen) atoms. The third-order valence-corrected chi connectivity index (χ3v) is 2.79. The van der Waals surface area contributed by atoms with E-state index >= 15 is 0 Å². The van der Waals surface area contributed by atoms with Gasteiger partial charge in [-0.05, 0) is 25.1 Å². The molecule has 1 amide bonds. The van der Waals surface area contributed by atoms with Crippen LogP contribution < -0.4 is 5.32 Å². The van der Waals surface area contributed by atoms with Crippen LogP contribution in [0.3, 0.4) is 0 Å². The minimum absolute atomic E-state index is 0.0881. The second-order valence-corrected chi connectivity index (χ2v) is 4.52. The van der Waals surface area contributed by atoms with E-state index in [0.29, 0.717) is 12.1 Å². The summed E-state index contributed by atoms with van der Waals surface area (Å²) in [5.74, 6) is -1.12. The van der Waals surface area contributed by atoms with Crippen molar-refractivity contribution in [2.45, 2.75) is 25.3 Å². The molecular weight excluding hydrogens is 332 g/mol. The predicted octanol–water partition coefficient (Wildman–Crippen LogP) is 3.65. The molecule has 0 unspecified atom stereocenters. The van der Waals surface area contributed by atoms with Crippen molar-refractivity contribution in [2.75, 3.05) is 7.11 Å². The van der Waals surface area contributed by atoms with Crippen LogP contribution in [-0.4, -0.2) is 25.0 Å². The second kappa shape index (κ2) is 6.47. The van der Waals surface area contributed by atoms with Gasteiger partial charge in [-0.3, -0.25) is 4.79 Å². The van der Waals surface area contributed by atoms with Crippen LogP contribution in [-0.2, 0) is 17.1 Å². The highest BCUT2D eigenvalue weighted by Crippen LogP contribution is 2.36. The van der Waals surface area contributed by atoms with Gasteiger partial charge in [0.1, 0.15) is 0 Å². The normalized spacial score (nSPS) is 13.4. The zero-order valence-corrected chi connectivity index (χ0v) is 11.8. The summed E-state index contributed by atoms with van der Waals surface area (Å²) in [4.78, 5) is 22.9. The number of hydrogen-bond donors (Lipinski definition) is 1. The molecule has 1 aromatic rings. The van der Waals surface area contributed by atoms with Crippen LogP contribution in [0, 0.1) is 0 Å². The van der Waals surface area contributed by atoms with Gasteiger partial charge in [-0.2, -0.15) is 26.3 Å². The van der Waals surface area contributed by atoms with Crippen LogP contribution in [0.15, 0.2) is 18.2 Å². The monoisotopic (exact) mass is 343 g/mol. The van der Waals surface area contributed by atoms with Crippen molar-refractivity contribution in [3.05, 3.63) is 34.9 Å². The predicted molar refractivity (Wildman–Crippen MR) is 65.8 cm³/mol. The van der Waals surface area contributed by atoms with Gasteiger partial charge in [-0.1, -0.05) is 0 Å². The molecule has 10 heteroatoms. The van der Waals surface area contributed by atoms with Gasteiger partial charge in [0.2, 0.25) is 0 Å². The first-order valence-electron chi connectivity index (χ1n) is 6.04. The van der Waals surface area contributed by atoms with E-state index in [4.69, 9.17) is 0 Å². The number of carbonyl (C=O) groups excluding carboxylic acids is 2. The number of nitrogens with one attached hydrogen (secondary N) is 1. The van der Waals surface area contributed by atoms with Crippen molar-refractivity contribution < 1.29 is 40.7 Å². The quantitative estimate of drug-likeness (QED) is 0.673. The molecule has 0 fully saturated rings. The average Bonchev–Trinajstić information content (AvgIpc) is 2.43. The summed E-state index contributed by atoms with van der Waals surface area (Å²) in [6, 6.07) is -0.859. The first-order valence-corrected chi connectivity index (χ1v) is 6.04. The Hall–Kier alpha value is -2.26. The van der Waals surface area contributed by atoms with E-state index in [1.54, 1.807) is 0 Å². The summed E-state index contributed by atoms with van der Waals surface area (Å²) in [6.07, 6.45) is -11.2. The smallest absolute Gasteiger partial charge is 0.416 e. The summed E-state index contributed by atoms with van der Waals surface area (Å²) in [5, 5.41) is 1.97. The Bertz CT molecular complexity index is 576. The van der Waals surface area contributed by atoms with Crippen molar-refractivity contribution in [1.29, 1.82) is 0 Å². The third-order valence-electron chi connectivity index (χ3n) is 2.79. The molecule has 1 N–H and O–H groups in total. The fourth-order valence-corrected chi connectivity index (χ4v) is 1.65. The average molecular weight is 343 g/mol. The SMILES string of the molecule is COC(=O)N[C@H](C)C(=O)c1cc(C(F)(F)F)cc(C(F)(F)F)c1. The van der Waals surface area contributed by atoms with Crippen LogP contribution >= 0.6 is 0 Å². The van der Waals surface area contributed by atoms with Crippen molar-refractivity contribution in [1.82, 2.24) is 5.32 Å². The number of halogens is 6. The number of amides is 1. The minimum atomic E-state index is -5.06. The summed E-state index contributed by atoms with van der Waals surface area (Å²) < 4.78 is 80.4. The zero-order chi connectivity index (χ0) is 18.0. The second-order valence-electron chi connectivity index (χ2n) is 4.52. The molecular formula is C13H11F6NO3. The first kappa shape index (κ1) is 18.8. The molecule has 0 bridgehead atoms. The van der Waals surface area contributed by atoms with Gasteiger partial charge in [0.15, 0.2) is 5.78 Å². The van der Waals surface area contributed by atoms with Gasteiger partial charge in [-0.25, -0.2) is 4.79 Å². The lowest BCUT2D eigenvalue weighted by atomic mass is 9.99. The number of ketones is 1. The number of Topliss-reactive ketones (excluding diaryl/α,β-unsaturated/α-hetero) is 1. The van der Waals surface area contributed by atoms with Crippen LogP contribution in [0.5, 0.6) is 0 Å². The number of alkyl carbamates (subject to hydrolysis) is 1. The lowest BCUT2D eigenvalue weighted by molar-refractivity contribution is -0.143. The highest BCUT2D eigenvalue weighted by molar-refractivity contribution is 6.01. The number of ether oxygens (including phenoxy) is 1. The molecule has 1 atom stereocenters. The Kier molecular flexibility index (Phi) is 5.28. The van der Waals surface area contributed by atoms with E-state index in [1.807, 2.05) is 5.32 Å². The minimum Gasteiger partial charge on any atom is -0.453 e. The van der Waals surface area contributed by atoms with Gasteiger partial charge in [0.25, 0.3) is 0 Å². The van der Waals surface area contributed by atoms with Crippen LogP contribution in [0.25, 0.3) is 0 Å². The lowest BCUT2D eigenvalue weighted by Gasteiger charge is -2.16. The number of hydrogen-bond acceptors (Lipinski definition) is 3. The highest BCUT2D eigenvalue weighted by Gasteiger charge is 2.37. The third kappa shape index (κ3) is 4.86. The Balaban J connectivity index is 3.29. The van der Waals surface area contributed by atoms with Crippen molar-refractivity contribution in [2.24, 2.45) is 0 Å². The topological polar surface area (TPSA) is 55.4 Å². The Morgan fingerprint density at radius 3 is 1.78 bits per heavy atom. The zero-order valence-electron chi connectivity index (χ0n) is 11.8. The fraction of sp³-hybridized carbons (Fsp3) is 0.385. The van der Waals surface area contributed by atoms with E-state index in [0.717, 1.165) is 14.0 Å². The van der Waals surface area contributed by atoms with Crippen molar-refractivity contribution in [3.8, 4) is 0 Å². The molecule has 0 spiro atoms. The van der Waals surface area contributed by atoms with Gasteiger partial charge >= 0.3 is 18.4 Å². The molecule has 0 radical (unpaired) electrons. The molecule has 1 aromatic carbocycles. The van der Waals surface area contributed by atoms with E-state index in [9.17, 15) is 35.9 Å². The van der Waals surface area contributed by atoms with E-state index in [2.05, 4.69) is 4.74 Å². The molecule has 0 aliphatic rings. The maximum Gasteiger partial charge on any atom is 0.416 e. The van der Waals surface area contributed by atoms with Crippen molar-refractivity contribution in [3.63, 3.8) is 0 Å². The van der Waals surface area contributed by atoms with Crippen LogP contribution in [0.4, 0.5) is 31.1 Å². The molecule has 0 aliphatic carbocycles. The van der Waals surface area contributed by atoms with Gasteiger partial charge < -0.3 is 10.1 Å². The maximum absolute atomic E-state index is 12.7. The maximum atomic E-state index is 12.7. The number of carbonyl (C=O) groups is 2. The molecule has 0 aliphatic heterocycles. The summed E-state index contributed by atoms with van der Waals surface area (Å²) >= 11 is 0. The molecule has 128 valence electrons.